The molecule has 1 aromatic rings. The number of likely N-dealkylation sites (N-methyl/N-ethyl adjacent to an activating group) is 1. The van der Waals surface area contributed by atoms with Crippen molar-refractivity contribution >= 4 is 21.8 Å². The van der Waals surface area contributed by atoms with Crippen molar-refractivity contribution in [3.8, 4) is 0 Å². The van der Waals surface area contributed by atoms with Crippen molar-refractivity contribution in [2.45, 2.75) is 50.5 Å². The summed E-state index contributed by atoms with van der Waals surface area (Å²) in [5, 5.41) is 12.8. The van der Waals surface area contributed by atoms with Gasteiger partial charge in [-0.1, -0.05) is 0 Å². The third kappa shape index (κ3) is 4.87. The van der Waals surface area contributed by atoms with Crippen LogP contribution in [0.5, 0.6) is 0 Å². The van der Waals surface area contributed by atoms with Crippen molar-refractivity contribution < 1.29 is 13.5 Å². The summed E-state index contributed by atoms with van der Waals surface area (Å²) in [6, 6.07) is 0. The molecule has 1 aromatic heterocycles. The van der Waals surface area contributed by atoms with Crippen molar-refractivity contribution in [3.63, 3.8) is 0 Å². The molecule has 2 heterocycles. The molecule has 0 unspecified atom stereocenters. The average Bonchev–Trinajstić information content (AvgIpc) is 2.71. The molecule has 0 bridgehead atoms. The van der Waals surface area contributed by atoms with Crippen LogP contribution < -0.4 is 14.9 Å². The molecule has 0 radical (unpaired) electrons. The highest BCUT2D eigenvalue weighted by molar-refractivity contribution is 7.89. The van der Waals surface area contributed by atoms with Gasteiger partial charge in [0.2, 0.25) is 16.0 Å². The number of aromatic nitrogens is 2. The maximum atomic E-state index is 12.5. The van der Waals surface area contributed by atoms with Crippen molar-refractivity contribution in [3.05, 3.63) is 11.3 Å². The molecule has 0 atom stereocenters. The van der Waals surface area contributed by atoms with Crippen LogP contribution >= 0.6 is 0 Å². The fraction of sp³-hybridized carbons (Fsp3) is 0.800. The van der Waals surface area contributed by atoms with Gasteiger partial charge in [0.15, 0.2) is 0 Å². The highest BCUT2D eigenvalue weighted by Gasteiger charge is 2.39. The summed E-state index contributed by atoms with van der Waals surface area (Å²) in [6.07, 6.45) is 6.47. The van der Waals surface area contributed by atoms with Crippen molar-refractivity contribution in [1.29, 1.82) is 0 Å². The number of fused-ring (bicyclic) bond motifs is 1. The molecule has 0 aromatic carbocycles. The molecular weight excluding hydrogens is 404 g/mol. The first kappa shape index (κ1) is 21.7. The van der Waals surface area contributed by atoms with Crippen molar-refractivity contribution in [2.75, 3.05) is 62.3 Å². The van der Waals surface area contributed by atoms with Crippen LogP contribution in [0, 0.1) is 0 Å². The zero-order valence-electron chi connectivity index (χ0n) is 17.9. The third-order valence-corrected chi connectivity index (χ3v) is 8.09. The Labute approximate surface area is 179 Å². The maximum absolute atomic E-state index is 12.5. The van der Waals surface area contributed by atoms with Crippen LogP contribution in [0.1, 0.15) is 43.4 Å². The number of hydrogen-bond donors (Lipinski definition) is 3. The minimum absolute atomic E-state index is 0.0443. The first-order valence-electron chi connectivity index (χ1n) is 11.1. The van der Waals surface area contributed by atoms with E-state index in [0.29, 0.717) is 12.8 Å². The van der Waals surface area contributed by atoms with E-state index in [9.17, 15) is 13.5 Å². The summed E-state index contributed by atoms with van der Waals surface area (Å²) in [5.74, 6) is 1.49. The second-order valence-corrected chi connectivity index (χ2v) is 10.8. The lowest BCUT2D eigenvalue weighted by atomic mass is 9.78. The Morgan fingerprint density at radius 2 is 1.80 bits per heavy atom. The molecular formula is C20H34N6O3S. The van der Waals surface area contributed by atoms with E-state index in [1.807, 2.05) is 0 Å². The number of nitrogens with one attached hydrogen (secondary N) is 2. The Hall–Kier alpha value is -1.49. The number of sulfonamides is 1. The Balaban J connectivity index is 1.44. The summed E-state index contributed by atoms with van der Waals surface area (Å²) >= 11 is 0. The molecule has 3 N–H and O–H groups in total. The minimum atomic E-state index is -3.47. The predicted octanol–water partition coefficient (Wildman–Crippen LogP) is 0.354. The summed E-state index contributed by atoms with van der Waals surface area (Å²) in [7, 11) is -1.35. The van der Waals surface area contributed by atoms with E-state index < -0.39 is 15.6 Å². The number of anilines is 2. The van der Waals surface area contributed by atoms with Gasteiger partial charge in [-0.25, -0.2) is 18.1 Å². The molecule has 30 heavy (non-hydrogen) atoms. The van der Waals surface area contributed by atoms with E-state index >= 15 is 0 Å². The van der Waals surface area contributed by atoms with Crippen LogP contribution in [0.15, 0.2) is 0 Å². The molecule has 0 amide bonds. The van der Waals surface area contributed by atoms with Gasteiger partial charge in [0.05, 0.1) is 23.6 Å². The zero-order chi connectivity index (χ0) is 21.2. The third-order valence-electron chi connectivity index (χ3n) is 6.61. The molecule has 4 rings (SSSR count). The lowest BCUT2D eigenvalue weighted by molar-refractivity contribution is 0.111. The topological polar surface area (TPSA) is 111 Å². The fourth-order valence-electron chi connectivity index (χ4n) is 4.46. The summed E-state index contributed by atoms with van der Waals surface area (Å²) < 4.78 is 27.7. The van der Waals surface area contributed by atoms with Gasteiger partial charge in [0, 0.05) is 38.3 Å². The Morgan fingerprint density at radius 3 is 2.47 bits per heavy atom. The molecule has 2 fully saturated rings. The highest BCUT2D eigenvalue weighted by Crippen LogP contribution is 2.32. The second kappa shape index (κ2) is 8.94. The summed E-state index contributed by atoms with van der Waals surface area (Å²) in [5.41, 5.74) is 1.58. The Kier molecular flexibility index (Phi) is 6.47. The van der Waals surface area contributed by atoms with Crippen LogP contribution in [-0.2, 0) is 22.9 Å². The van der Waals surface area contributed by atoms with Gasteiger partial charge in [0.1, 0.15) is 5.82 Å². The number of piperazine rings is 1. The SMILES string of the molecule is CN1CCN(c2nc3c(c(NCCS(=O)(=O)NC4(CO)CCC4)n2)CCCC3)CC1. The van der Waals surface area contributed by atoms with E-state index in [2.05, 4.69) is 26.9 Å². The first-order chi connectivity index (χ1) is 14.4. The second-order valence-electron chi connectivity index (χ2n) is 8.93. The monoisotopic (exact) mass is 438 g/mol. The molecule has 1 aliphatic heterocycles. The van der Waals surface area contributed by atoms with E-state index in [1.54, 1.807) is 0 Å². The van der Waals surface area contributed by atoms with Crippen molar-refractivity contribution in [2.24, 2.45) is 0 Å². The number of rotatable bonds is 8. The molecule has 0 spiro atoms. The smallest absolute Gasteiger partial charge is 0.227 e. The van der Waals surface area contributed by atoms with Crippen LogP contribution in [0.3, 0.4) is 0 Å². The van der Waals surface area contributed by atoms with E-state index in [0.717, 1.165) is 81.3 Å². The summed E-state index contributed by atoms with van der Waals surface area (Å²) in [4.78, 5) is 14.2. The molecule has 1 saturated carbocycles. The van der Waals surface area contributed by atoms with Gasteiger partial charge in [-0.3, -0.25) is 0 Å². The lowest BCUT2D eigenvalue weighted by Gasteiger charge is -2.40. The van der Waals surface area contributed by atoms with Crippen LogP contribution in [0.25, 0.3) is 0 Å². The van der Waals surface area contributed by atoms with Crippen LogP contribution in [0.4, 0.5) is 11.8 Å². The van der Waals surface area contributed by atoms with Gasteiger partial charge in [0.25, 0.3) is 0 Å². The number of nitrogens with zero attached hydrogens (tertiary/aromatic N) is 4. The lowest BCUT2D eigenvalue weighted by Crippen LogP contribution is -2.56. The van der Waals surface area contributed by atoms with Crippen LogP contribution in [-0.4, -0.2) is 86.1 Å². The molecule has 3 aliphatic rings. The largest absolute Gasteiger partial charge is 0.394 e. The number of hydrogen-bond acceptors (Lipinski definition) is 8. The van der Waals surface area contributed by atoms with E-state index in [4.69, 9.17) is 9.97 Å². The first-order valence-corrected chi connectivity index (χ1v) is 12.7. The molecule has 2 aliphatic carbocycles. The number of aliphatic hydroxyl groups is 1. The average molecular weight is 439 g/mol. The van der Waals surface area contributed by atoms with Gasteiger partial charge in [-0.2, -0.15) is 4.98 Å². The van der Waals surface area contributed by atoms with Gasteiger partial charge in [-0.15, -0.1) is 0 Å². The Morgan fingerprint density at radius 1 is 1.07 bits per heavy atom. The summed E-state index contributed by atoms with van der Waals surface area (Å²) in [6.45, 7) is 3.90. The minimum Gasteiger partial charge on any atom is -0.394 e. The van der Waals surface area contributed by atoms with E-state index in [1.165, 1.54) is 0 Å². The standard InChI is InChI=1S/C20H34N6O3S/c1-25-10-12-26(13-11-25)19-22-17-6-3-2-5-16(17)18(23-19)21-9-14-30(28,29)24-20(15-27)7-4-8-20/h24,27H,2-15H2,1H3,(H,21,22,23). The predicted molar refractivity (Wildman–Crippen MR) is 117 cm³/mol. The van der Waals surface area contributed by atoms with Crippen LogP contribution in [0.2, 0.25) is 0 Å². The number of aliphatic hydroxyl groups excluding tert-OH is 1. The highest BCUT2D eigenvalue weighted by atomic mass is 32.2. The molecule has 1 saturated heterocycles. The molecule has 168 valence electrons. The van der Waals surface area contributed by atoms with E-state index in [-0.39, 0.29) is 18.9 Å². The normalized spacial score (nSPS) is 21.7. The van der Waals surface area contributed by atoms with Gasteiger partial charge in [-0.05, 0) is 52.0 Å². The zero-order valence-corrected chi connectivity index (χ0v) is 18.7. The fourth-order valence-corrected chi connectivity index (χ4v) is 5.86. The van der Waals surface area contributed by atoms with Gasteiger partial charge < -0.3 is 20.2 Å². The van der Waals surface area contributed by atoms with Crippen molar-refractivity contribution in [1.82, 2.24) is 19.6 Å². The quantitative estimate of drug-likeness (QED) is 0.533. The maximum Gasteiger partial charge on any atom is 0.227 e. The molecule has 10 heteroatoms. The van der Waals surface area contributed by atoms with Gasteiger partial charge >= 0.3 is 0 Å². The molecule has 9 nitrogen and oxygen atoms in total. The number of aryl methyl sites for hydroxylation is 1. The Bertz CT molecular complexity index is 845.